The highest BCUT2D eigenvalue weighted by atomic mass is 32.1. The number of hydrogen-bond acceptors (Lipinski definition) is 3. The van der Waals surface area contributed by atoms with E-state index in [0.29, 0.717) is 18.9 Å². The van der Waals surface area contributed by atoms with Gasteiger partial charge in [0.2, 0.25) is 11.8 Å². The third-order valence-electron chi connectivity index (χ3n) is 4.56. The normalized spacial score (nSPS) is 30.5. The molecule has 0 radical (unpaired) electrons. The fourth-order valence-electron chi connectivity index (χ4n) is 3.03. The van der Waals surface area contributed by atoms with Crippen LogP contribution in [0.5, 0.6) is 0 Å². The first-order valence-corrected chi connectivity index (χ1v) is 8.10. The second-order valence-corrected chi connectivity index (χ2v) is 6.89. The standard InChI is InChI=1S/C15H20N2O2S/c1-3-12-13(18)17(9-11-5-4-8-20-11)15(2,10-6-7-10)14(19)16-12/h4-5,8,10,12H,3,6-7,9H2,1-2H3,(H,16,19). The third kappa shape index (κ3) is 2.04. The minimum Gasteiger partial charge on any atom is -0.342 e. The number of nitrogens with one attached hydrogen (secondary N) is 1. The van der Waals surface area contributed by atoms with Crippen LogP contribution in [0.25, 0.3) is 0 Å². The molecule has 5 heteroatoms. The molecule has 0 aromatic carbocycles. The van der Waals surface area contributed by atoms with Crippen molar-refractivity contribution in [3.05, 3.63) is 22.4 Å². The van der Waals surface area contributed by atoms with E-state index < -0.39 is 5.54 Å². The summed E-state index contributed by atoms with van der Waals surface area (Å²) in [6.45, 7) is 4.41. The van der Waals surface area contributed by atoms with Crippen LogP contribution in [0.1, 0.15) is 38.0 Å². The molecular weight excluding hydrogens is 272 g/mol. The predicted octanol–water partition coefficient (Wildman–Crippen LogP) is 2.15. The highest BCUT2D eigenvalue weighted by Crippen LogP contribution is 2.45. The Bertz CT molecular complexity index is 524. The maximum Gasteiger partial charge on any atom is 0.246 e. The lowest BCUT2D eigenvalue weighted by Gasteiger charge is -2.46. The van der Waals surface area contributed by atoms with Crippen molar-refractivity contribution >= 4 is 23.2 Å². The van der Waals surface area contributed by atoms with Crippen molar-refractivity contribution in [3.63, 3.8) is 0 Å². The maximum atomic E-state index is 12.7. The van der Waals surface area contributed by atoms with Crippen LogP contribution < -0.4 is 5.32 Å². The summed E-state index contributed by atoms with van der Waals surface area (Å²) in [6, 6.07) is 3.65. The minimum absolute atomic E-state index is 0.0167. The average molecular weight is 292 g/mol. The van der Waals surface area contributed by atoms with Gasteiger partial charge in [0, 0.05) is 4.88 Å². The van der Waals surface area contributed by atoms with Gasteiger partial charge in [-0.05, 0) is 43.6 Å². The molecule has 108 valence electrons. The van der Waals surface area contributed by atoms with Gasteiger partial charge in [0.05, 0.1) is 6.54 Å². The molecule has 2 amide bonds. The molecule has 1 saturated heterocycles. The van der Waals surface area contributed by atoms with Gasteiger partial charge in [0.1, 0.15) is 11.6 Å². The van der Waals surface area contributed by atoms with E-state index in [1.165, 1.54) is 0 Å². The van der Waals surface area contributed by atoms with Gasteiger partial charge in [0.15, 0.2) is 0 Å². The topological polar surface area (TPSA) is 49.4 Å². The van der Waals surface area contributed by atoms with Crippen molar-refractivity contribution in [2.75, 3.05) is 0 Å². The number of nitrogens with zero attached hydrogens (tertiary/aromatic N) is 1. The third-order valence-corrected chi connectivity index (χ3v) is 5.43. The summed E-state index contributed by atoms with van der Waals surface area (Å²) in [6.07, 6.45) is 2.72. The minimum atomic E-state index is -0.674. The highest BCUT2D eigenvalue weighted by molar-refractivity contribution is 7.09. The SMILES string of the molecule is CCC1NC(=O)C(C)(C2CC2)N(Cc2cccs2)C1=O. The molecule has 1 aromatic heterocycles. The van der Waals surface area contributed by atoms with Gasteiger partial charge in [-0.15, -0.1) is 11.3 Å². The Morgan fingerprint density at radius 2 is 2.20 bits per heavy atom. The van der Waals surface area contributed by atoms with E-state index in [4.69, 9.17) is 0 Å². The zero-order chi connectivity index (χ0) is 14.3. The van der Waals surface area contributed by atoms with Crippen molar-refractivity contribution in [2.45, 2.75) is 51.2 Å². The van der Waals surface area contributed by atoms with Crippen LogP contribution in [0, 0.1) is 5.92 Å². The summed E-state index contributed by atoms with van der Waals surface area (Å²) >= 11 is 1.64. The Morgan fingerprint density at radius 3 is 2.75 bits per heavy atom. The van der Waals surface area contributed by atoms with Crippen LogP contribution in [0.4, 0.5) is 0 Å². The molecule has 1 saturated carbocycles. The van der Waals surface area contributed by atoms with E-state index in [0.717, 1.165) is 17.7 Å². The van der Waals surface area contributed by atoms with Crippen LogP contribution in [-0.4, -0.2) is 28.3 Å². The molecule has 2 unspecified atom stereocenters. The molecular formula is C15H20N2O2S. The fraction of sp³-hybridized carbons (Fsp3) is 0.600. The molecule has 1 aliphatic heterocycles. The van der Waals surface area contributed by atoms with Crippen LogP contribution >= 0.6 is 11.3 Å². The van der Waals surface area contributed by atoms with Gasteiger partial charge in [-0.1, -0.05) is 13.0 Å². The molecule has 2 heterocycles. The number of carbonyl (C=O) groups is 2. The first kappa shape index (κ1) is 13.6. The largest absolute Gasteiger partial charge is 0.342 e. The van der Waals surface area contributed by atoms with Crippen molar-refractivity contribution in [2.24, 2.45) is 5.92 Å². The van der Waals surface area contributed by atoms with E-state index in [1.54, 1.807) is 11.3 Å². The summed E-state index contributed by atoms with van der Waals surface area (Å²) in [5.41, 5.74) is -0.674. The second-order valence-electron chi connectivity index (χ2n) is 5.86. The van der Waals surface area contributed by atoms with Gasteiger partial charge in [-0.25, -0.2) is 0 Å². The molecule has 0 spiro atoms. The Hall–Kier alpha value is -1.36. The van der Waals surface area contributed by atoms with Crippen LogP contribution in [-0.2, 0) is 16.1 Å². The zero-order valence-corrected chi connectivity index (χ0v) is 12.7. The molecule has 2 aliphatic rings. The molecule has 2 fully saturated rings. The van der Waals surface area contributed by atoms with Crippen molar-refractivity contribution in [1.82, 2.24) is 10.2 Å². The predicted molar refractivity (Wildman–Crippen MR) is 78.2 cm³/mol. The van der Waals surface area contributed by atoms with Gasteiger partial charge < -0.3 is 10.2 Å². The first-order chi connectivity index (χ1) is 9.57. The summed E-state index contributed by atoms with van der Waals surface area (Å²) in [4.78, 5) is 28.2. The summed E-state index contributed by atoms with van der Waals surface area (Å²) < 4.78 is 0. The molecule has 0 bridgehead atoms. The lowest BCUT2D eigenvalue weighted by Crippen LogP contribution is -2.69. The molecule has 3 rings (SSSR count). The molecule has 1 aromatic rings. The van der Waals surface area contributed by atoms with Crippen molar-refractivity contribution < 1.29 is 9.59 Å². The Labute approximate surface area is 123 Å². The molecule has 20 heavy (non-hydrogen) atoms. The molecule has 2 atom stereocenters. The van der Waals surface area contributed by atoms with E-state index >= 15 is 0 Å². The first-order valence-electron chi connectivity index (χ1n) is 7.22. The summed E-state index contributed by atoms with van der Waals surface area (Å²) in [5, 5.41) is 4.92. The van der Waals surface area contributed by atoms with Crippen LogP contribution in [0.15, 0.2) is 17.5 Å². The Balaban J connectivity index is 1.93. The van der Waals surface area contributed by atoms with E-state index in [9.17, 15) is 9.59 Å². The number of carbonyl (C=O) groups excluding carboxylic acids is 2. The van der Waals surface area contributed by atoms with E-state index in [1.807, 2.05) is 36.3 Å². The Kier molecular flexibility index (Phi) is 3.32. The zero-order valence-electron chi connectivity index (χ0n) is 11.9. The van der Waals surface area contributed by atoms with Crippen LogP contribution in [0.3, 0.4) is 0 Å². The number of rotatable bonds is 4. The number of amides is 2. The highest BCUT2D eigenvalue weighted by Gasteiger charge is 2.56. The molecule has 1 aliphatic carbocycles. The van der Waals surface area contributed by atoms with Crippen LogP contribution in [0.2, 0.25) is 0 Å². The quantitative estimate of drug-likeness (QED) is 0.924. The monoisotopic (exact) mass is 292 g/mol. The summed E-state index contributed by atoms with van der Waals surface area (Å²) in [5.74, 6) is 0.391. The van der Waals surface area contributed by atoms with Gasteiger partial charge in [-0.3, -0.25) is 9.59 Å². The lowest BCUT2D eigenvalue weighted by atomic mass is 9.87. The van der Waals surface area contributed by atoms with Gasteiger partial charge >= 0.3 is 0 Å². The lowest BCUT2D eigenvalue weighted by molar-refractivity contribution is -0.159. The second kappa shape index (κ2) is 4.88. The molecule has 4 nitrogen and oxygen atoms in total. The van der Waals surface area contributed by atoms with E-state index in [2.05, 4.69) is 5.32 Å². The van der Waals surface area contributed by atoms with E-state index in [-0.39, 0.29) is 17.9 Å². The number of hydrogen-bond donors (Lipinski definition) is 1. The maximum absolute atomic E-state index is 12.7. The number of piperazine rings is 1. The molecule has 1 N–H and O–H groups in total. The smallest absolute Gasteiger partial charge is 0.246 e. The van der Waals surface area contributed by atoms with Crippen molar-refractivity contribution in [3.8, 4) is 0 Å². The average Bonchev–Trinajstić information content (AvgIpc) is 3.17. The summed E-state index contributed by atoms with van der Waals surface area (Å²) in [7, 11) is 0. The number of thiophene rings is 1. The fourth-order valence-corrected chi connectivity index (χ4v) is 3.73. The van der Waals surface area contributed by atoms with Gasteiger partial charge in [0.25, 0.3) is 0 Å². The van der Waals surface area contributed by atoms with Crippen molar-refractivity contribution in [1.29, 1.82) is 0 Å². The van der Waals surface area contributed by atoms with Gasteiger partial charge in [-0.2, -0.15) is 0 Å². The Morgan fingerprint density at radius 1 is 1.45 bits per heavy atom.